The van der Waals surface area contributed by atoms with Gasteiger partial charge in [-0.15, -0.1) is 0 Å². The number of nitrogen functional groups attached to an aromatic ring is 1. The molecule has 0 amide bonds. The van der Waals surface area contributed by atoms with E-state index in [9.17, 15) is 0 Å². The smallest absolute Gasteiger partial charge is 0.137 e. The third kappa shape index (κ3) is 2.20. The molecule has 19 heavy (non-hydrogen) atoms. The summed E-state index contributed by atoms with van der Waals surface area (Å²) >= 11 is 0. The first-order valence-corrected chi connectivity index (χ1v) is 5.95. The number of aromatic nitrogens is 4. The van der Waals surface area contributed by atoms with Crippen LogP contribution < -0.4 is 11.1 Å². The van der Waals surface area contributed by atoms with E-state index >= 15 is 0 Å². The van der Waals surface area contributed by atoms with Crippen molar-refractivity contribution in [1.82, 2.24) is 19.7 Å². The molecule has 2 heterocycles. The highest BCUT2D eigenvalue weighted by Crippen LogP contribution is 2.21. The molecule has 0 atom stereocenters. The molecule has 0 unspecified atom stereocenters. The van der Waals surface area contributed by atoms with Crippen LogP contribution in [0.3, 0.4) is 0 Å². The van der Waals surface area contributed by atoms with Crippen molar-refractivity contribution in [3.63, 3.8) is 0 Å². The summed E-state index contributed by atoms with van der Waals surface area (Å²) < 4.78 is 1.83. The second-order valence-corrected chi connectivity index (χ2v) is 4.30. The van der Waals surface area contributed by atoms with Gasteiger partial charge in [0.15, 0.2) is 0 Å². The minimum Gasteiger partial charge on any atom is -0.399 e. The van der Waals surface area contributed by atoms with Gasteiger partial charge in [-0.3, -0.25) is 4.68 Å². The lowest BCUT2D eigenvalue weighted by Gasteiger charge is -2.08. The minimum absolute atomic E-state index is 0.660. The van der Waals surface area contributed by atoms with Crippen LogP contribution in [0.15, 0.2) is 36.8 Å². The van der Waals surface area contributed by atoms with Gasteiger partial charge in [0.1, 0.15) is 12.1 Å². The first kappa shape index (κ1) is 11.5. The van der Waals surface area contributed by atoms with Crippen LogP contribution in [-0.2, 0) is 13.6 Å². The van der Waals surface area contributed by atoms with E-state index in [0.29, 0.717) is 12.2 Å². The molecule has 1 aromatic carbocycles. The van der Waals surface area contributed by atoms with Crippen LogP contribution in [-0.4, -0.2) is 19.7 Å². The molecule has 3 N–H and O–H groups in total. The lowest BCUT2D eigenvalue weighted by molar-refractivity contribution is 0.720. The maximum Gasteiger partial charge on any atom is 0.137 e. The van der Waals surface area contributed by atoms with E-state index in [2.05, 4.69) is 20.4 Å². The van der Waals surface area contributed by atoms with Crippen molar-refractivity contribution >= 4 is 22.4 Å². The molecular formula is C13H14N6. The van der Waals surface area contributed by atoms with Gasteiger partial charge >= 0.3 is 0 Å². The van der Waals surface area contributed by atoms with Crippen LogP contribution in [0.25, 0.3) is 10.9 Å². The zero-order chi connectivity index (χ0) is 13.2. The molecule has 0 aliphatic rings. The monoisotopic (exact) mass is 254 g/mol. The fraction of sp³-hybridized carbons (Fsp3) is 0.154. The topological polar surface area (TPSA) is 81.7 Å². The van der Waals surface area contributed by atoms with Crippen molar-refractivity contribution < 1.29 is 0 Å². The Balaban J connectivity index is 1.91. The van der Waals surface area contributed by atoms with Crippen LogP contribution in [0, 0.1) is 0 Å². The van der Waals surface area contributed by atoms with E-state index in [1.54, 1.807) is 6.20 Å². The van der Waals surface area contributed by atoms with Crippen molar-refractivity contribution in [2.24, 2.45) is 7.05 Å². The van der Waals surface area contributed by atoms with Crippen molar-refractivity contribution in [3.8, 4) is 0 Å². The van der Waals surface area contributed by atoms with Crippen LogP contribution >= 0.6 is 0 Å². The Hall–Kier alpha value is -2.63. The summed E-state index contributed by atoms with van der Waals surface area (Å²) in [6.07, 6.45) is 3.31. The number of fused-ring (bicyclic) bond motifs is 1. The maximum atomic E-state index is 5.75. The average molecular weight is 254 g/mol. The number of anilines is 2. The summed E-state index contributed by atoms with van der Waals surface area (Å²) in [7, 11) is 1.91. The summed E-state index contributed by atoms with van der Waals surface area (Å²) in [6.45, 7) is 0.660. The van der Waals surface area contributed by atoms with E-state index in [0.717, 1.165) is 22.4 Å². The van der Waals surface area contributed by atoms with Crippen molar-refractivity contribution in [3.05, 3.63) is 42.5 Å². The molecule has 6 nitrogen and oxygen atoms in total. The van der Waals surface area contributed by atoms with Crippen molar-refractivity contribution in [2.45, 2.75) is 6.54 Å². The Labute approximate surface area is 110 Å². The molecule has 0 aliphatic carbocycles. The molecule has 0 bridgehead atoms. The first-order chi connectivity index (χ1) is 9.24. The quantitative estimate of drug-likeness (QED) is 0.693. The predicted molar refractivity (Wildman–Crippen MR) is 74.5 cm³/mol. The molecule has 0 radical (unpaired) electrons. The molecule has 2 aromatic heterocycles. The first-order valence-electron chi connectivity index (χ1n) is 5.95. The molecule has 3 aromatic rings. The maximum absolute atomic E-state index is 5.75. The second kappa shape index (κ2) is 4.56. The van der Waals surface area contributed by atoms with Gasteiger partial charge in [-0.25, -0.2) is 9.97 Å². The molecule has 0 fully saturated rings. The van der Waals surface area contributed by atoms with Crippen LogP contribution in [0.4, 0.5) is 11.5 Å². The van der Waals surface area contributed by atoms with Gasteiger partial charge in [0.25, 0.3) is 0 Å². The lowest BCUT2D eigenvalue weighted by Crippen LogP contribution is -2.07. The van der Waals surface area contributed by atoms with E-state index in [1.807, 2.05) is 36.0 Å². The zero-order valence-corrected chi connectivity index (χ0v) is 10.5. The van der Waals surface area contributed by atoms with Crippen molar-refractivity contribution in [1.29, 1.82) is 0 Å². The number of nitrogens with one attached hydrogen (secondary N) is 1. The number of hydrogen-bond donors (Lipinski definition) is 2. The van der Waals surface area contributed by atoms with Gasteiger partial charge in [-0.1, -0.05) is 0 Å². The highest BCUT2D eigenvalue weighted by molar-refractivity contribution is 5.90. The highest BCUT2D eigenvalue weighted by Gasteiger charge is 2.05. The predicted octanol–water partition coefficient (Wildman–Crippen LogP) is 1.56. The number of nitrogens with two attached hydrogens (primary N) is 1. The van der Waals surface area contributed by atoms with Gasteiger partial charge in [-0.05, 0) is 24.3 Å². The molecule has 0 spiro atoms. The van der Waals surface area contributed by atoms with Gasteiger partial charge in [0.2, 0.25) is 0 Å². The number of aryl methyl sites for hydroxylation is 1. The van der Waals surface area contributed by atoms with Crippen LogP contribution in [0.1, 0.15) is 5.69 Å². The van der Waals surface area contributed by atoms with E-state index in [4.69, 9.17) is 5.73 Å². The normalized spacial score (nSPS) is 10.8. The summed E-state index contributed by atoms with van der Waals surface area (Å²) in [5, 5.41) is 8.39. The number of rotatable bonds is 3. The Morgan fingerprint density at radius 3 is 2.95 bits per heavy atom. The average Bonchev–Trinajstić information content (AvgIpc) is 2.81. The SMILES string of the molecule is Cn1nccc1CNc1ncnc2cc(N)ccc12. The molecular weight excluding hydrogens is 240 g/mol. The van der Waals surface area contributed by atoms with Gasteiger partial charge in [0.05, 0.1) is 17.8 Å². The molecule has 0 aliphatic heterocycles. The second-order valence-electron chi connectivity index (χ2n) is 4.30. The Kier molecular flexibility index (Phi) is 2.75. The highest BCUT2D eigenvalue weighted by atomic mass is 15.3. The van der Waals surface area contributed by atoms with E-state index < -0.39 is 0 Å². The van der Waals surface area contributed by atoms with Gasteiger partial charge in [0, 0.05) is 24.3 Å². The molecule has 96 valence electrons. The van der Waals surface area contributed by atoms with E-state index in [1.165, 1.54) is 6.33 Å². The molecule has 3 rings (SSSR count). The number of benzene rings is 1. The standard InChI is InChI=1S/C13H14N6/c1-19-10(4-5-18-19)7-15-13-11-3-2-9(14)6-12(11)16-8-17-13/h2-6,8H,7,14H2,1H3,(H,15,16,17). The van der Waals surface area contributed by atoms with E-state index in [-0.39, 0.29) is 0 Å². The zero-order valence-electron chi connectivity index (χ0n) is 10.5. The summed E-state index contributed by atoms with van der Waals surface area (Å²) in [5.74, 6) is 0.797. The number of hydrogen-bond acceptors (Lipinski definition) is 5. The summed E-state index contributed by atoms with van der Waals surface area (Å²) in [6, 6.07) is 7.58. The Morgan fingerprint density at radius 2 is 2.16 bits per heavy atom. The third-order valence-corrected chi connectivity index (χ3v) is 3.02. The Bertz CT molecular complexity index is 718. The van der Waals surface area contributed by atoms with Gasteiger partial charge in [-0.2, -0.15) is 5.10 Å². The fourth-order valence-electron chi connectivity index (χ4n) is 1.96. The minimum atomic E-state index is 0.660. The molecule has 6 heteroatoms. The third-order valence-electron chi connectivity index (χ3n) is 3.02. The molecule has 0 saturated carbocycles. The molecule has 0 saturated heterocycles. The number of nitrogens with zero attached hydrogens (tertiary/aromatic N) is 4. The van der Waals surface area contributed by atoms with Crippen LogP contribution in [0.5, 0.6) is 0 Å². The van der Waals surface area contributed by atoms with Crippen molar-refractivity contribution in [2.75, 3.05) is 11.1 Å². The largest absolute Gasteiger partial charge is 0.399 e. The lowest BCUT2D eigenvalue weighted by atomic mass is 10.2. The summed E-state index contributed by atoms with van der Waals surface area (Å²) in [4.78, 5) is 8.49. The van der Waals surface area contributed by atoms with Gasteiger partial charge < -0.3 is 11.1 Å². The Morgan fingerprint density at radius 1 is 1.26 bits per heavy atom. The van der Waals surface area contributed by atoms with Crippen LogP contribution in [0.2, 0.25) is 0 Å². The summed E-state index contributed by atoms with van der Waals surface area (Å²) in [5.41, 5.74) is 8.37. The fourth-order valence-corrected chi connectivity index (χ4v) is 1.96.